The van der Waals surface area contributed by atoms with Crippen molar-refractivity contribution in [1.29, 1.82) is 0 Å². The molecule has 0 saturated carbocycles. The summed E-state index contributed by atoms with van der Waals surface area (Å²) in [7, 11) is 0. The van der Waals surface area contributed by atoms with Crippen LogP contribution in [0, 0.1) is 0 Å². The second kappa shape index (κ2) is 7.23. The smallest absolute Gasteiger partial charge is 0.197 e. The van der Waals surface area contributed by atoms with Gasteiger partial charge in [-0.3, -0.25) is 9.13 Å². The summed E-state index contributed by atoms with van der Waals surface area (Å²) in [6.07, 6.45) is 9.92. The second-order valence-corrected chi connectivity index (χ2v) is 8.02. The standard InChI is InChI=1S/C23H18N10/c1-23(2,15-5-3-7-17(30-15)32-13-28-19-21(32)26-11-9-24-19)16-6-4-8-18(31-16)33-14-29-20-22(33)27-12-10-25-20/h3-14H,1-2H3. The number of rotatable bonds is 4. The van der Waals surface area contributed by atoms with E-state index in [1.54, 1.807) is 37.4 Å². The van der Waals surface area contributed by atoms with Gasteiger partial charge in [-0.05, 0) is 38.1 Å². The first-order chi connectivity index (χ1) is 16.1. The number of imidazole rings is 2. The molecule has 0 amide bonds. The maximum absolute atomic E-state index is 4.93. The number of hydrogen-bond donors (Lipinski definition) is 0. The van der Waals surface area contributed by atoms with E-state index in [2.05, 4.69) is 43.8 Å². The fourth-order valence-electron chi connectivity index (χ4n) is 3.78. The van der Waals surface area contributed by atoms with Crippen molar-refractivity contribution in [2.75, 3.05) is 0 Å². The highest BCUT2D eigenvalue weighted by atomic mass is 15.2. The van der Waals surface area contributed by atoms with Crippen molar-refractivity contribution in [3.05, 3.63) is 85.2 Å². The monoisotopic (exact) mass is 434 g/mol. The van der Waals surface area contributed by atoms with E-state index < -0.39 is 5.41 Å². The zero-order valence-corrected chi connectivity index (χ0v) is 17.9. The third-order valence-corrected chi connectivity index (χ3v) is 5.61. The van der Waals surface area contributed by atoms with Crippen molar-refractivity contribution in [3.63, 3.8) is 0 Å². The zero-order valence-electron chi connectivity index (χ0n) is 17.9. The molecule has 0 unspecified atom stereocenters. The largest absolute Gasteiger partial charge is 0.266 e. The lowest BCUT2D eigenvalue weighted by Gasteiger charge is -2.24. The topological polar surface area (TPSA) is 113 Å². The van der Waals surface area contributed by atoms with Crippen molar-refractivity contribution < 1.29 is 0 Å². The van der Waals surface area contributed by atoms with Crippen LogP contribution in [0.15, 0.2) is 73.8 Å². The fourth-order valence-corrected chi connectivity index (χ4v) is 3.78. The molecule has 0 fully saturated rings. The van der Waals surface area contributed by atoms with Gasteiger partial charge in [0.05, 0.1) is 11.4 Å². The van der Waals surface area contributed by atoms with Crippen LogP contribution in [0.25, 0.3) is 34.2 Å². The first kappa shape index (κ1) is 19.1. The quantitative estimate of drug-likeness (QED) is 0.416. The zero-order chi connectivity index (χ0) is 22.4. The Morgan fingerprint density at radius 3 is 1.52 bits per heavy atom. The Labute approximate surface area is 188 Å². The van der Waals surface area contributed by atoms with Crippen molar-refractivity contribution in [1.82, 2.24) is 49.0 Å². The number of aromatic nitrogens is 10. The molecule has 10 nitrogen and oxygen atoms in total. The molecule has 0 aliphatic rings. The number of fused-ring (bicyclic) bond motifs is 2. The van der Waals surface area contributed by atoms with Gasteiger partial charge in [-0.2, -0.15) is 0 Å². The summed E-state index contributed by atoms with van der Waals surface area (Å²) in [5.74, 6) is 1.44. The van der Waals surface area contributed by atoms with E-state index in [9.17, 15) is 0 Å². The molecule has 160 valence electrons. The van der Waals surface area contributed by atoms with E-state index in [0.717, 1.165) is 23.0 Å². The molecule has 0 aliphatic heterocycles. The van der Waals surface area contributed by atoms with Gasteiger partial charge in [-0.15, -0.1) is 0 Å². The SMILES string of the molecule is CC(C)(c1cccc(-n2cnc3nccnc32)n1)c1cccc(-n2cnc3nccnc32)n1. The number of nitrogens with zero attached hydrogens (tertiary/aromatic N) is 10. The molecule has 6 aromatic heterocycles. The Hall–Kier alpha value is -4.60. The Morgan fingerprint density at radius 1 is 0.576 bits per heavy atom. The molecule has 0 saturated heterocycles. The third-order valence-electron chi connectivity index (χ3n) is 5.61. The minimum atomic E-state index is -0.476. The fraction of sp³-hybridized carbons (Fsp3) is 0.130. The van der Waals surface area contributed by atoms with E-state index >= 15 is 0 Å². The molecule has 0 radical (unpaired) electrons. The van der Waals surface area contributed by atoms with Gasteiger partial charge in [0.25, 0.3) is 0 Å². The summed E-state index contributed by atoms with van der Waals surface area (Å²) < 4.78 is 3.67. The molecule has 33 heavy (non-hydrogen) atoms. The molecule has 0 N–H and O–H groups in total. The van der Waals surface area contributed by atoms with Gasteiger partial charge >= 0.3 is 0 Å². The van der Waals surface area contributed by atoms with Crippen LogP contribution in [0.1, 0.15) is 25.2 Å². The molecule has 6 rings (SSSR count). The lowest BCUT2D eigenvalue weighted by atomic mass is 9.84. The molecule has 6 heterocycles. The van der Waals surface area contributed by atoms with Gasteiger partial charge in [0.15, 0.2) is 22.6 Å². The summed E-state index contributed by atoms with van der Waals surface area (Å²) in [5.41, 5.74) is 3.73. The summed E-state index contributed by atoms with van der Waals surface area (Å²) >= 11 is 0. The van der Waals surface area contributed by atoms with Crippen LogP contribution in [-0.4, -0.2) is 49.0 Å². The van der Waals surface area contributed by atoms with E-state index in [0.29, 0.717) is 22.6 Å². The number of hydrogen-bond acceptors (Lipinski definition) is 8. The van der Waals surface area contributed by atoms with E-state index in [4.69, 9.17) is 9.97 Å². The van der Waals surface area contributed by atoms with Crippen molar-refractivity contribution in [2.45, 2.75) is 19.3 Å². The Balaban J connectivity index is 1.42. The maximum atomic E-state index is 4.93. The average Bonchev–Trinajstić information content (AvgIpc) is 3.49. The van der Waals surface area contributed by atoms with Gasteiger partial charge < -0.3 is 0 Å². The van der Waals surface area contributed by atoms with Gasteiger partial charge in [0.1, 0.15) is 24.3 Å². The van der Waals surface area contributed by atoms with E-state index in [1.165, 1.54) is 0 Å². The lowest BCUT2D eigenvalue weighted by molar-refractivity contribution is 0.591. The Kier molecular flexibility index (Phi) is 4.19. The molecular formula is C23H18N10. The minimum Gasteiger partial charge on any atom is -0.266 e. The van der Waals surface area contributed by atoms with Crippen LogP contribution < -0.4 is 0 Å². The first-order valence-electron chi connectivity index (χ1n) is 10.4. The summed E-state index contributed by atoms with van der Waals surface area (Å²) in [6.45, 7) is 4.20. The van der Waals surface area contributed by atoms with Crippen LogP contribution in [-0.2, 0) is 5.41 Å². The molecule has 0 aromatic carbocycles. The van der Waals surface area contributed by atoms with Crippen LogP contribution in [0.2, 0.25) is 0 Å². The second-order valence-electron chi connectivity index (χ2n) is 8.02. The molecule has 10 heteroatoms. The molecule has 0 aliphatic carbocycles. The van der Waals surface area contributed by atoms with Crippen LogP contribution in [0.5, 0.6) is 0 Å². The first-order valence-corrected chi connectivity index (χ1v) is 10.4. The molecule has 6 aromatic rings. The highest BCUT2D eigenvalue weighted by Crippen LogP contribution is 2.30. The van der Waals surface area contributed by atoms with E-state index in [1.807, 2.05) is 45.5 Å². The van der Waals surface area contributed by atoms with Crippen LogP contribution in [0.4, 0.5) is 0 Å². The van der Waals surface area contributed by atoms with Crippen LogP contribution >= 0.6 is 0 Å². The minimum absolute atomic E-state index is 0.476. The Bertz CT molecular complexity index is 1490. The van der Waals surface area contributed by atoms with Crippen molar-refractivity contribution >= 4 is 22.6 Å². The van der Waals surface area contributed by atoms with Gasteiger partial charge in [-0.25, -0.2) is 39.9 Å². The van der Waals surface area contributed by atoms with E-state index in [-0.39, 0.29) is 0 Å². The molecule has 0 bridgehead atoms. The third kappa shape index (κ3) is 3.11. The van der Waals surface area contributed by atoms with Crippen LogP contribution in [0.3, 0.4) is 0 Å². The maximum Gasteiger partial charge on any atom is 0.197 e. The molecular weight excluding hydrogens is 416 g/mol. The average molecular weight is 434 g/mol. The van der Waals surface area contributed by atoms with Gasteiger partial charge in [-0.1, -0.05) is 12.1 Å². The Morgan fingerprint density at radius 2 is 1.03 bits per heavy atom. The predicted molar refractivity (Wildman–Crippen MR) is 121 cm³/mol. The molecule has 0 spiro atoms. The summed E-state index contributed by atoms with van der Waals surface area (Å²) in [6, 6.07) is 11.8. The number of pyridine rings is 2. The summed E-state index contributed by atoms with van der Waals surface area (Å²) in [4.78, 5) is 35.8. The summed E-state index contributed by atoms with van der Waals surface area (Å²) in [5, 5.41) is 0. The van der Waals surface area contributed by atoms with Crippen molar-refractivity contribution in [3.8, 4) is 11.6 Å². The predicted octanol–water partition coefficient (Wildman–Crippen LogP) is 3.06. The normalized spacial score (nSPS) is 11.9. The van der Waals surface area contributed by atoms with Gasteiger partial charge in [0, 0.05) is 30.2 Å². The lowest BCUT2D eigenvalue weighted by Crippen LogP contribution is -2.23. The molecule has 0 atom stereocenters. The van der Waals surface area contributed by atoms with Crippen molar-refractivity contribution in [2.24, 2.45) is 0 Å². The van der Waals surface area contributed by atoms with Gasteiger partial charge in [0.2, 0.25) is 0 Å². The highest BCUT2D eigenvalue weighted by molar-refractivity contribution is 5.68. The highest BCUT2D eigenvalue weighted by Gasteiger charge is 2.27.